The molecule has 0 aromatic heterocycles. The van der Waals surface area contributed by atoms with Crippen molar-refractivity contribution >= 4 is 36.2 Å². The maximum absolute atomic E-state index is 13.7. The highest BCUT2D eigenvalue weighted by molar-refractivity contribution is 6.58. The van der Waals surface area contributed by atoms with Crippen LogP contribution in [-0.2, 0) is 14.3 Å². The third-order valence-electron chi connectivity index (χ3n) is 8.46. The normalized spacial score (nSPS) is 24.8. The van der Waals surface area contributed by atoms with Gasteiger partial charge in [-0.2, -0.15) is 0 Å². The molecular weight excluding hydrogens is 493 g/mol. The van der Waals surface area contributed by atoms with Crippen molar-refractivity contribution in [3.63, 3.8) is 0 Å². The first-order valence-electron chi connectivity index (χ1n) is 14.0. The number of ether oxygens (including phenoxy) is 1. The van der Waals surface area contributed by atoms with E-state index >= 15 is 0 Å². The summed E-state index contributed by atoms with van der Waals surface area (Å²) in [5.74, 6) is -1.22. The Bertz CT molecular complexity index is 1320. The number of benzene rings is 2. The minimum Gasteiger partial charge on any atom is -0.507 e. The van der Waals surface area contributed by atoms with Crippen molar-refractivity contribution in [2.45, 2.75) is 58.5 Å². The Labute approximate surface area is 229 Å². The molecule has 2 amide bonds. The number of carbonyl (C=O) groups is 2. The molecule has 2 aromatic carbocycles. The Kier molecular flexibility index (Phi) is 8.07. The fraction of sp³-hybridized carbons (Fsp3) is 0.419. The minimum atomic E-state index is -1.68. The topological polar surface area (TPSA) is 107 Å². The summed E-state index contributed by atoms with van der Waals surface area (Å²) < 4.78 is 6.34. The number of anilines is 1. The van der Waals surface area contributed by atoms with Crippen molar-refractivity contribution in [3.8, 4) is 5.75 Å². The summed E-state index contributed by atoms with van der Waals surface area (Å²) in [4.78, 5) is 28.5. The van der Waals surface area contributed by atoms with Crippen LogP contribution in [0.25, 0.3) is 6.08 Å². The van der Waals surface area contributed by atoms with Gasteiger partial charge in [0.25, 0.3) is 0 Å². The van der Waals surface area contributed by atoms with E-state index in [1.165, 1.54) is 27.7 Å². The fourth-order valence-electron chi connectivity index (χ4n) is 6.63. The second-order valence-corrected chi connectivity index (χ2v) is 10.8. The Hall–Kier alpha value is -3.20. The molecule has 0 spiro atoms. The van der Waals surface area contributed by atoms with Crippen LogP contribution < -0.4 is 10.4 Å². The van der Waals surface area contributed by atoms with Gasteiger partial charge in [-0.25, -0.2) is 0 Å². The summed E-state index contributed by atoms with van der Waals surface area (Å²) >= 11 is 0. The summed E-state index contributed by atoms with van der Waals surface area (Å²) in [6, 6.07) is 13.7. The zero-order chi connectivity index (χ0) is 27.7. The van der Waals surface area contributed by atoms with Crippen LogP contribution in [0.5, 0.6) is 5.75 Å². The zero-order valence-electron chi connectivity index (χ0n) is 22.5. The number of allylic oxidation sites excluding steroid dienone is 2. The van der Waals surface area contributed by atoms with E-state index in [0.29, 0.717) is 18.7 Å². The van der Waals surface area contributed by atoms with Gasteiger partial charge in [0, 0.05) is 11.5 Å². The number of phenolic OH excluding ortho intramolecular Hbond substituents is 1. The third-order valence-corrected chi connectivity index (χ3v) is 8.46. The van der Waals surface area contributed by atoms with Crippen LogP contribution in [0.15, 0.2) is 65.3 Å². The van der Waals surface area contributed by atoms with Crippen LogP contribution in [0.2, 0.25) is 0 Å². The molecule has 3 N–H and O–H groups in total. The second-order valence-electron chi connectivity index (χ2n) is 10.8. The van der Waals surface area contributed by atoms with Crippen molar-refractivity contribution in [1.82, 2.24) is 0 Å². The molecule has 5 rings (SSSR count). The zero-order valence-corrected chi connectivity index (χ0v) is 22.5. The first kappa shape index (κ1) is 27.4. The number of hydrogen-bond acceptors (Lipinski definition) is 6. The Morgan fingerprint density at radius 2 is 1.85 bits per heavy atom. The highest BCUT2D eigenvalue weighted by atomic mass is 16.5. The van der Waals surface area contributed by atoms with E-state index in [4.69, 9.17) is 4.74 Å². The summed E-state index contributed by atoms with van der Waals surface area (Å²) in [5, 5.41) is 29.4. The van der Waals surface area contributed by atoms with Gasteiger partial charge < -0.3 is 19.9 Å². The lowest BCUT2D eigenvalue weighted by Crippen LogP contribution is -2.35. The molecule has 39 heavy (non-hydrogen) atoms. The molecule has 0 saturated carbocycles. The summed E-state index contributed by atoms with van der Waals surface area (Å²) in [7, 11) is -1.68. The van der Waals surface area contributed by atoms with Crippen LogP contribution >= 0.6 is 0 Å². The lowest BCUT2D eigenvalue weighted by molar-refractivity contribution is -0.122. The van der Waals surface area contributed by atoms with Gasteiger partial charge in [-0.15, -0.1) is 0 Å². The monoisotopic (exact) mass is 529 g/mol. The molecule has 0 bridgehead atoms. The van der Waals surface area contributed by atoms with Crippen molar-refractivity contribution in [3.05, 3.63) is 70.8 Å². The molecule has 0 radical (unpaired) electrons. The highest BCUT2D eigenvalue weighted by Crippen LogP contribution is 2.51. The Balaban J connectivity index is 1.38. The molecule has 0 unspecified atom stereocenters. The van der Waals surface area contributed by atoms with E-state index in [1.807, 2.05) is 18.2 Å². The summed E-state index contributed by atoms with van der Waals surface area (Å²) in [6.45, 7) is 4.66. The van der Waals surface area contributed by atoms with Crippen molar-refractivity contribution in [2.24, 2.45) is 17.8 Å². The van der Waals surface area contributed by atoms with Crippen molar-refractivity contribution in [1.29, 1.82) is 0 Å². The van der Waals surface area contributed by atoms with Gasteiger partial charge in [0.1, 0.15) is 5.75 Å². The van der Waals surface area contributed by atoms with Gasteiger partial charge in [-0.1, -0.05) is 67.8 Å². The number of nitrogens with zero attached hydrogens (tertiary/aromatic N) is 1. The average Bonchev–Trinajstić information content (AvgIpc) is 3.46. The maximum Gasteiger partial charge on any atom is 0.488 e. The SMILES string of the molecule is CCC/C(=C\c1ccccc1O)CC[C@H]1OC[C@H]2C1=C(CC)C[C@H]1C(=O)N(c3cccc(B(O)O)c3)C(=O)[C@H]12. The number of fused-ring (bicyclic) bond motifs is 3. The number of para-hydroxylation sites is 1. The van der Waals surface area contributed by atoms with E-state index in [0.717, 1.165) is 37.7 Å². The van der Waals surface area contributed by atoms with Gasteiger partial charge in [0.2, 0.25) is 11.8 Å². The highest BCUT2D eigenvalue weighted by Gasteiger charge is 2.57. The molecule has 204 valence electrons. The number of aromatic hydroxyl groups is 1. The van der Waals surface area contributed by atoms with Crippen LogP contribution in [0.3, 0.4) is 0 Å². The predicted octanol–water partition coefficient (Wildman–Crippen LogP) is 3.97. The molecule has 3 aliphatic rings. The van der Waals surface area contributed by atoms with Gasteiger partial charge >= 0.3 is 7.12 Å². The maximum atomic E-state index is 13.7. The predicted molar refractivity (Wildman–Crippen MR) is 151 cm³/mol. The molecular formula is C31H36BNO6. The molecule has 8 heteroatoms. The fourth-order valence-corrected chi connectivity index (χ4v) is 6.63. The quantitative estimate of drug-likeness (QED) is 0.258. The average molecular weight is 529 g/mol. The molecule has 2 heterocycles. The Morgan fingerprint density at radius 1 is 1.05 bits per heavy atom. The van der Waals surface area contributed by atoms with E-state index in [1.54, 1.807) is 24.3 Å². The first-order valence-corrected chi connectivity index (χ1v) is 14.0. The number of imide groups is 1. The van der Waals surface area contributed by atoms with E-state index < -0.39 is 19.0 Å². The smallest absolute Gasteiger partial charge is 0.488 e. The summed E-state index contributed by atoms with van der Waals surface area (Å²) in [5.41, 5.74) is 5.09. The minimum absolute atomic E-state index is 0.0969. The molecule has 4 atom stereocenters. The molecule has 7 nitrogen and oxygen atoms in total. The molecule has 2 fully saturated rings. The largest absolute Gasteiger partial charge is 0.507 e. The number of hydrogen-bond donors (Lipinski definition) is 3. The van der Waals surface area contributed by atoms with Crippen LogP contribution in [-0.4, -0.2) is 46.8 Å². The van der Waals surface area contributed by atoms with Crippen LogP contribution in [0.4, 0.5) is 5.69 Å². The van der Waals surface area contributed by atoms with Gasteiger partial charge in [0.15, 0.2) is 0 Å². The van der Waals surface area contributed by atoms with Crippen molar-refractivity contribution in [2.75, 3.05) is 11.5 Å². The van der Waals surface area contributed by atoms with Crippen LogP contribution in [0.1, 0.15) is 57.9 Å². The van der Waals surface area contributed by atoms with E-state index in [9.17, 15) is 24.7 Å². The summed E-state index contributed by atoms with van der Waals surface area (Å²) in [6.07, 6.45) is 6.87. The number of rotatable bonds is 9. The molecule has 1 aliphatic carbocycles. The first-order chi connectivity index (χ1) is 18.8. The Morgan fingerprint density at radius 3 is 2.56 bits per heavy atom. The van der Waals surface area contributed by atoms with Gasteiger partial charge in [-0.05, 0) is 61.3 Å². The van der Waals surface area contributed by atoms with Gasteiger partial charge in [-0.3, -0.25) is 14.5 Å². The van der Waals surface area contributed by atoms with Crippen LogP contribution in [0, 0.1) is 17.8 Å². The standard InChI is InChI=1S/C31H36BNO6/c1-3-8-19(15-21-9-5-6-12-26(21)34)13-14-27-28-20(4-2)16-24-29(25(28)18-39-27)31(36)33(30(24)35)23-11-7-10-22(17-23)32(37)38/h5-7,9-12,15,17,24-25,27,29,34,37-38H,3-4,8,13-14,16,18H2,1-2H3/b19-15+/t24-,25+,27-,29-/m1/s1. The van der Waals surface area contributed by atoms with E-state index in [-0.39, 0.29) is 35.0 Å². The van der Waals surface area contributed by atoms with Gasteiger partial charge in [0.05, 0.1) is 30.2 Å². The van der Waals surface area contributed by atoms with Crippen molar-refractivity contribution < 1.29 is 29.5 Å². The molecule has 2 aliphatic heterocycles. The lowest BCUT2D eigenvalue weighted by atomic mass is 9.69. The number of amides is 2. The molecule has 2 aromatic rings. The number of phenols is 1. The lowest BCUT2D eigenvalue weighted by Gasteiger charge is -2.31. The number of carbonyl (C=O) groups excluding carboxylic acids is 2. The van der Waals surface area contributed by atoms with E-state index in [2.05, 4.69) is 19.9 Å². The second kappa shape index (κ2) is 11.5. The molecule has 2 saturated heterocycles. The third kappa shape index (κ3) is 5.21.